The van der Waals surface area contributed by atoms with Gasteiger partial charge in [0.25, 0.3) is 0 Å². The number of nitrogens with zero attached hydrogens (tertiary/aromatic N) is 1. The topological polar surface area (TPSA) is 139 Å². The van der Waals surface area contributed by atoms with E-state index in [0.717, 1.165) is 11.2 Å². The molecule has 0 saturated carbocycles. The van der Waals surface area contributed by atoms with Gasteiger partial charge in [0.2, 0.25) is 5.91 Å². The van der Waals surface area contributed by atoms with Crippen LogP contribution >= 0.6 is 0 Å². The minimum absolute atomic E-state index is 0.0554. The van der Waals surface area contributed by atoms with Gasteiger partial charge in [0.05, 0.1) is 24.0 Å². The monoisotopic (exact) mass is 896 g/mol. The molecule has 1 heterocycles. The summed E-state index contributed by atoms with van der Waals surface area (Å²) >= 11 is 0. The van der Waals surface area contributed by atoms with Crippen molar-refractivity contribution in [1.29, 1.82) is 0 Å². The van der Waals surface area contributed by atoms with Crippen LogP contribution in [0.2, 0.25) is 0 Å². The van der Waals surface area contributed by atoms with Crippen LogP contribution in [0, 0.1) is 5.92 Å². The van der Waals surface area contributed by atoms with Gasteiger partial charge in [-0.05, 0) is 68.9 Å². The third kappa shape index (κ3) is 28.8. The molecule has 0 bridgehead atoms. The Morgan fingerprint density at radius 3 is 1.60 bits per heavy atom. The number of alkyl halides is 3. The molecular weight excluding hydrogens is 816 g/mol. The van der Waals surface area contributed by atoms with E-state index in [4.69, 9.17) is 4.74 Å². The van der Waals surface area contributed by atoms with Crippen LogP contribution in [0.4, 0.5) is 18.0 Å². The Balaban J connectivity index is -0.000000517. The second kappa shape index (κ2) is 35.1. The fraction of sp³-hybridized carbons (Fsp3) is 0.622. The molecule has 3 atom stereocenters. The van der Waals surface area contributed by atoms with Gasteiger partial charge in [-0.25, -0.2) is 13.2 Å². The maximum atomic E-state index is 14.3. The minimum atomic E-state index is -4.76. The van der Waals surface area contributed by atoms with Gasteiger partial charge in [0, 0.05) is 29.6 Å². The molecule has 350 valence electrons. The molecule has 0 aromatic heterocycles. The van der Waals surface area contributed by atoms with Gasteiger partial charge in [0.1, 0.15) is 17.7 Å². The highest BCUT2D eigenvalue weighted by molar-refractivity contribution is 7.90. The first-order valence-corrected chi connectivity index (χ1v) is 24.6. The Labute approximate surface area is 365 Å². The summed E-state index contributed by atoms with van der Waals surface area (Å²) in [5.41, 5.74) is 0.282. The molecule has 1 saturated heterocycles. The molecule has 2 N–H and O–H groups in total. The number of halogens is 3. The van der Waals surface area contributed by atoms with Crippen molar-refractivity contribution in [3.63, 3.8) is 0 Å². The molecule has 0 radical (unpaired) electrons. The van der Waals surface area contributed by atoms with E-state index in [1.165, 1.54) is 36.4 Å². The lowest BCUT2D eigenvalue weighted by Crippen LogP contribution is -2.53. The highest BCUT2D eigenvalue weighted by Crippen LogP contribution is 2.35. The maximum Gasteiger partial charge on any atom is 0.410 e. The lowest BCUT2D eigenvalue weighted by molar-refractivity contribution is -0.161. The minimum Gasteiger partial charge on any atom is -0.444 e. The lowest BCUT2D eigenvalue weighted by Gasteiger charge is -2.29. The zero-order valence-corrected chi connectivity index (χ0v) is 41.7. The number of likely N-dealkylation sites (tertiary alicyclic amines) is 1. The molecule has 0 aliphatic carbocycles. The number of rotatable bonds is 9. The van der Waals surface area contributed by atoms with Crippen molar-refractivity contribution in [2.75, 3.05) is 31.9 Å². The molecule has 2 aromatic rings. The number of allylic oxidation sites excluding steroid dienone is 1. The Morgan fingerprint density at radius 2 is 1.27 bits per heavy atom. The fourth-order valence-corrected chi connectivity index (χ4v) is 5.25. The Hall–Kier alpha value is -3.56. The van der Waals surface area contributed by atoms with Gasteiger partial charge in [-0.2, -0.15) is 13.2 Å². The zero-order valence-electron chi connectivity index (χ0n) is 40.1. The maximum absolute atomic E-state index is 14.3. The average molecular weight is 896 g/mol. The van der Waals surface area contributed by atoms with Gasteiger partial charge in [0.15, 0.2) is 15.6 Å². The van der Waals surface area contributed by atoms with E-state index in [1.807, 2.05) is 76.2 Å². The molecule has 2 unspecified atom stereocenters. The normalized spacial score (nSPS) is 13.9. The smallest absolute Gasteiger partial charge is 0.410 e. The number of ether oxygens (including phenoxy) is 1. The number of benzene rings is 2. The second-order valence-corrected chi connectivity index (χ2v) is 16.8. The number of carbonyl (C=O) groups is 3. The molecule has 15 heteroatoms. The zero-order chi connectivity index (χ0) is 48.6. The van der Waals surface area contributed by atoms with Gasteiger partial charge < -0.3 is 10.1 Å². The van der Waals surface area contributed by atoms with Crippen LogP contribution in [0.25, 0.3) is 11.1 Å². The van der Waals surface area contributed by atoms with E-state index in [2.05, 4.69) is 17.2 Å². The number of carbonyl (C=O) groups excluding carboxylic acids is 3. The van der Waals surface area contributed by atoms with E-state index in [0.29, 0.717) is 11.1 Å². The first kappa shape index (κ1) is 65.6. The summed E-state index contributed by atoms with van der Waals surface area (Å²) in [6.45, 7) is 33.4. The van der Waals surface area contributed by atoms with Crippen LogP contribution in [0.5, 0.6) is 0 Å². The predicted octanol–water partition coefficient (Wildman–Crippen LogP) is 11.0. The summed E-state index contributed by atoms with van der Waals surface area (Å²) < 4.78 is 81.2. The summed E-state index contributed by atoms with van der Waals surface area (Å²) in [5, 5.41) is 4.98. The Bertz CT molecular complexity index is 1570. The summed E-state index contributed by atoms with van der Waals surface area (Å²) in [6, 6.07) is 7.02. The third-order valence-corrected chi connectivity index (χ3v) is 7.81. The predicted molar refractivity (Wildman–Crippen MR) is 248 cm³/mol. The number of amides is 2. The number of sulfone groups is 1. The largest absolute Gasteiger partial charge is 0.444 e. The molecule has 2 amide bonds. The van der Waals surface area contributed by atoms with Crippen molar-refractivity contribution in [2.24, 2.45) is 5.92 Å². The van der Waals surface area contributed by atoms with Gasteiger partial charge >= 0.3 is 12.3 Å². The fourth-order valence-electron chi connectivity index (χ4n) is 4.61. The Kier molecular flexibility index (Phi) is 38.3. The van der Waals surface area contributed by atoms with Crippen LogP contribution < -0.4 is 10.6 Å². The molecular formula is C45H80F3N3O7S2. The van der Waals surface area contributed by atoms with Crippen LogP contribution in [0.1, 0.15) is 129 Å². The molecule has 10 nitrogen and oxygen atoms in total. The van der Waals surface area contributed by atoms with E-state index in [9.17, 15) is 40.2 Å². The van der Waals surface area contributed by atoms with Gasteiger partial charge in [-0.1, -0.05) is 126 Å². The molecule has 3 rings (SSSR count). The van der Waals surface area contributed by atoms with Crippen LogP contribution in [-0.4, -0.2) is 91.0 Å². The van der Waals surface area contributed by atoms with Gasteiger partial charge in [-0.3, -0.25) is 24.0 Å². The summed E-state index contributed by atoms with van der Waals surface area (Å²) in [4.78, 5) is 39.5. The lowest BCUT2D eigenvalue weighted by atomic mass is 9.97. The van der Waals surface area contributed by atoms with E-state index in [-0.39, 0.29) is 35.9 Å². The average Bonchev–Trinajstić information content (AvgIpc) is 3.55. The van der Waals surface area contributed by atoms with Gasteiger partial charge in [-0.15, -0.1) is 6.58 Å². The van der Waals surface area contributed by atoms with E-state index in [1.54, 1.807) is 65.3 Å². The molecule has 1 aliphatic rings. The summed E-state index contributed by atoms with van der Waals surface area (Å²) in [6.07, 6.45) is 0.685. The van der Waals surface area contributed by atoms with Crippen molar-refractivity contribution in [3.05, 3.63) is 66.7 Å². The first-order chi connectivity index (χ1) is 27.9. The molecule has 0 spiro atoms. The first-order valence-electron chi connectivity index (χ1n) is 20.8. The van der Waals surface area contributed by atoms with Crippen LogP contribution in [0.3, 0.4) is 0 Å². The number of hydrogen-bond donors (Lipinski definition) is 2. The number of Topliss-reactive ketones (excluding diaryl/α,β-unsaturated/α-hetero) is 1. The number of ketones is 1. The highest BCUT2D eigenvalue weighted by atomic mass is 32.2. The van der Waals surface area contributed by atoms with Crippen molar-refractivity contribution < 1.29 is 44.9 Å². The third-order valence-electron chi connectivity index (χ3n) is 6.69. The van der Waals surface area contributed by atoms with Crippen LogP contribution in [-0.2, 0) is 35.0 Å². The van der Waals surface area contributed by atoms with Crippen LogP contribution in [0.15, 0.2) is 66.1 Å². The van der Waals surface area contributed by atoms with E-state index < -0.39 is 68.3 Å². The molecule has 1 fully saturated rings. The second-order valence-electron chi connectivity index (χ2n) is 13.3. The van der Waals surface area contributed by atoms with Crippen molar-refractivity contribution in [3.8, 4) is 11.1 Å². The highest BCUT2D eigenvalue weighted by Gasteiger charge is 2.44. The number of hydrogen-bond acceptors (Lipinski definition) is 8. The van der Waals surface area contributed by atoms with Crippen molar-refractivity contribution >= 4 is 38.4 Å². The van der Waals surface area contributed by atoms with E-state index >= 15 is 0 Å². The van der Waals surface area contributed by atoms with Crippen molar-refractivity contribution in [2.45, 2.75) is 152 Å². The molecule has 60 heavy (non-hydrogen) atoms. The quantitative estimate of drug-likeness (QED) is 0.237. The Morgan fingerprint density at radius 1 is 0.883 bits per heavy atom. The number of nitrogens with one attached hydrogen (secondary N) is 2. The summed E-state index contributed by atoms with van der Waals surface area (Å²) in [7, 11) is -4.01. The standard InChI is InChI=1S/C30H38F3N3O6S.C3H6.C2H6OS.5C2H6/c1-18(2)15-23(27(38)35-24-16-36(17-25(24)37)28(39)42-29(3,4)5)34-26(30(31,32)33)21-9-7-19(8-10-21)20-11-13-22(14-12-20)43(6,40)41;1-3-2;1-4(2)3;5*1-2/h7-14,18,23-24,26,34H,15-17H2,1-6H3,(H,35,38);3H,1H2,2H3;1-2H3;5*1-2H3/t23-,24?,26?;;;;;;;/m0......./s1. The SMILES string of the molecule is C=CC.CC.CC.CC.CC.CC.CC(C)C[C@H](NC(c1ccc(-c2ccc(S(C)(=O)=O)cc2)cc1)C(F)(F)F)C(=O)NC1CN(C(=O)OC(C)(C)C)CC1=O.CS(C)=O. The van der Waals surface area contributed by atoms with Crippen molar-refractivity contribution in [1.82, 2.24) is 15.5 Å². The summed E-state index contributed by atoms with van der Waals surface area (Å²) in [5.74, 6) is -1.39. The molecule has 1 aliphatic heterocycles. The molecule has 2 aromatic carbocycles.